The third kappa shape index (κ3) is 0.992. The van der Waals surface area contributed by atoms with E-state index in [1.165, 1.54) is 26.4 Å². The molecule has 2 aromatic carbocycles. The van der Waals surface area contributed by atoms with Crippen molar-refractivity contribution < 1.29 is 0 Å². The van der Waals surface area contributed by atoms with E-state index in [4.69, 9.17) is 0 Å². The first-order valence-electron chi connectivity index (χ1n) is 4.72. The maximum Gasteiger partial charge on any atom is 0.0351 e. The summed E-state index contributed by atoms with van der Waals surface area (Å²) < 4.78 is 1.39. The lowest BCUT2D eigenvalue weighted by atomic mass is 10.0. The van der Waals surface area contributed by atoms with Crippen molar-refractivity contribution in [2.24, 2.45) is 0 Å². The Kier molecular flexibility index (Phi) is 1.62. The van der Waals surface area contributed by atoms with Crippen LogP contribution in [0.2, 0.25) is 0 Å². The van der Waals surface area contributed by atoms with E-state index in [-0.39, 0.29) is 0 Å². The predicted octanol–water partition coefficient (Wildman–Crippen LogP) is 4.36. The van der Waals surface area contributed by atoms with Gasteiger partial charge in [0.25, 0.3) is 0 Å². The number of fused-ring (bicyclic) bond motifs is 3. The maximum absolute atomic E-state index is 2.28. The fourth-order valence-electron chi connectivity index (χ4n) is 1.99. The molecule has 0 saturated carbocycles. The summed E-state index contributed by atoms with van der Waals surface area (Å²) in [5.74, 6) is 0. The molecule has 0 aliphatic rings. The Balaban J connectivity index is 2.67. The number of hydrogen-bond acceptors (Lipinski definition) is 1. The molecule has 1 heterocycles. The van der Waals surface area contributed by atoms with Crippen LogP contribution in [0, 0.1) is 6.92 Å². The number of rotatable bonds is 0. The van der Waals surface area contributed by atoms with Gasteiger partial charge < -0.3 is 0 Å². The Bertz CT molecular complexity index is 605. The van der Waals surface area contributed by atoms with Gasteiger partial charge in [-0.15, -0.1) is 11.3 Å². The third-order valence-electron chi connectivity index (χ3n) is 2.68. The fourth-order valence-corrected chi connectivity index (χ4v) is 2.89. The zero-order valence-corrected chi connectivity index (χ0v) is 8.77. The summed E-state index contributed by atoms with van der Waals surface area (Å²) in [5.41, 5.74) is 1.37. The molecule has 0 atom stereocenters. The minimum atomic E-state index is 1.37. The van der Waals surface area contributed by atoms with Crippen LogP contribution in [0.15, 0.2) is 41.8 Å². The molecule has 68 valence electrons. The highest BCUT2D eigenvalue weighted by atomic mass is 32.1. The first-order valence-corrected chi connectivity index (χ1v) is 5.60. The Morgan fingerprint density at radius 3 is 2.57 bits per heavy atom. The Morgan fingerprint density at radius 1 is 0.929 bits per heavy atom. The van der Waals surface area contributed by atoms with Crippen LogP contribution in [0.1, 0.15) is 5.56 Å². The molecule has 0 N–H and O–H groups in total. The van der Waals surface area contributed by atoms with Gasteiger partial charge in [-0.25, -0.2) is 0 Å². The van der Waals surface area contributed by atoms with E-state index >= 15 is 0 Å². The molecule has 1 aromatic heterocycles. The highest BCUT2D eigenvalue weighted by Crippen LogP contribution is 2.31. The van der Waals surface area contributed by atoms with Crippen molar-refractivity contribution in [2.45, 2.75) is 6.92 Å². The van der Waals surface area contributed by atoms with Gasteiger partial charge in [-0.3, -0.25) is 0 Å². The molecule has 0 aliphatic heterocycles. The van der Waals surface area contributed by atoms with Crippen molar-refractivity contribution in [3.05, 3.63) is 47.3 Å². The zero-order chi connectivity index (χ0) is 9.54. The molecule has 0 fully saturated rings. The molecule has 0 amide bonds. The molecule has 3 aromatic rings. The van der Waals surface area contributed by atoms with Crippen LogP contribution in [0.3, 0.4) is 0 Å². The third-order valence-corrected chi connectivity index (χ3v) is 3.55. The Labute approximate surface area is 86.8 Å². The summed E-state index contributed by atoms with van der Waals surface area (Å²) in [6.45, 7) is 2.18. The standard InChI is InChI=1S/C13H10S/c1-9-8-13-12(6-7-14-13)11-5-3-2-4-10(9)11/h2-8H,1H3. The van der Waals surface area contributed by atoms with Gasteiger partial charge in [-0.1, -0.05) is 24.3 Å². The van der Waals surface area contributed by atoms with Crippen molar-refractivity contribution in [3.8, 4) is 0 Å². The first-order chi connectivity index (χ1) is 6.86. The first kappa shape index (κ1) is 8.01. The van der Waals surface area contributed by atoms with Gasteiger partial charge in [0.15, 0.2) is 0 Å². The molecular formula is C13H10S. The number of aryl methyl sites for hydroxylation is 1. The average molecular weight is 198 g/mol. The minimum absolute atomic E-state index is 1.37. The van der Waals surface area contributed by atoms with Gasteiger partial charge in [0.1, 0.15) is 0 Å². The summed E-state index contributed by atoms with van der Waals surface area (Å²) in [6, 6.07) is 13.1. The van der Waals surface area contributed by atoms with Crippen molar-refractivity contribution in [2.75, 3.05) is 0 Å². The Hall–Kier alpha value is -1.34. The Morgan fingerprint density at radius 2 is 1.71 bits per heavy atom. The number of thiophene rings is 1. The largest absolute Gasteiger partial charge is 0.144 e. The van der Waals surface area contributed by atoms with Crippen LogP contribution >= 0.6 is 11.3 Å². The van der Waals surface area contributed by atoms with E-state index in [0.717, 1.165) is 0 Å². The SMILES string of the molecule is Cc1cc2sccc2c2ccccc12. The lowest BCUT2D eigenvalue weighted by Crippen LogP contribution is -1.77. The van der Waals surface area contributed by atoms with Crippen molar-refractivity contribution in [1.29, 1.82) is 0 Å². The summed E-state index contributed by atoms with van der Waals surface area (Å²) in [5, 5.41) is 6.30. The van der Waals surface area contributed by atoms with Crippen LogP contribution in [-0.2, 0) is 0 Å². The van der Waals surface area contributed by atoms with Crippen LogP contribution in [0.5, 0.6) is 0 Å². The quantitative estimate of drug-likeness (QED) is 0.503. The van der Waals surface area contributed by atoms with E-state index in [1.807, 2.05) is 11.3 Å². The van der Waals surface area contributed by atoms with Gasteiger partial charge >= 0.3 is 0 Å². The average Bonchev–Trinajstić information content (AvgIpc) is 2.66. The van der Waals surface area contributed by atoms with Crippen LogP contribution in [0.25, 0.3) is 20.9 Å². The lowest BCUT2D eigenvalue weighted by molar-refractivity contribution is 1.57. The monoisotopic (exact) mass is 198 g/mol. The van der Waals surface area contributed by atoms with E-state index in [9.17, 15) is 0 Å². The molecule has 0 unspecified atom stereocenters. The van der Waals surface area contributed by atoms with E-state index in [2.05, 4.69) is 48.7 Å². The number of hydrogen-bond donors (Lipinski definition) is 0. The molecule has 1 heteroatoms. The molecule has 0 radical (unpaired) electrons. The van der Waals surface area contributed by atoms with E-state index in [1.54, 1.807) is 0 Å². The minimum Gasteiger partial charge on any atom is -0.144 e. The van der Waals surface area contributed by atoms with Crippen molar-refractivity contribution in [1.82, 2.24) is 0 Å². The van der Waals surface area contributed by atoms with Crippen molar-refractivity contribution in [3.63, 3.8) is 0 Å². The topological polar surface area (TPSA) is 0 Å². The normalized spacial score (nSPS) is 11.2. The summed E-state index contributed by atoms with van der Waals surface area (Å²) in [6.07, 6.45) is 0. The molecular weight excluding hydrogens is 188 g/mol. The molecule has 0 saturated heterocycles. The van der Waals surface area contributed by atoms with E-state index in [0.29, 0.717) is 0 Å². The van der Waals surface area contributed by atoms with Crippen LogP contribution in [0.4, 0.5) is 0 Å². The highest BCUT2D eigenvalue weighted by molar-refractivity contribution is 7.17. The smallest absolute Gasteiger partial charge is 0.0351 e. The summed E-state index contributed by atoms with van der Waals surface area (Å²) >= 11 is 1.82. The molecule has 3 rings (SSSR count). The van der Waals surface area contributed by atoms with Gasteiger partial charge in [0, 0.05) is 10.1 Å². The highest BCUT2D eigenvalue weighted by Gasteiger charge is 2.03. The van der Waals surface area contributed by atoms with Crippen molar-refractivity contribution >= 4 is 32.2 Å². The molecule has 0 bridgehead atoms. The molecule has 0 nitrogen and oxygen atoms in total. The maximum atomic E-state index is 2.28. The second-order valence-corrected chi connectivity index (χ2v) is 4.52. The zero-order valence-electron chi connectivity index (χ0n) is 7.95. The second-order valence-electron chi connectivity index (χ2n) is 3.57. The molecule has 0 spiro atoms. The van der Waals surface area contributed by atoms with Crippen LogP contribution < -0.4 is 0 Å². The molecule has 14 heavy (non-hydrogen) atoms. The van der Waals surface area contributed by atoms with Gasteiger partial charge in [-0.05, 0) is 40.8 Å². The second kappa shape index (κ2) is 2.82. The van der Waals surface area contributed by atoms with E-state index < -0.39 is 0 Å². The van der Waals surface area contributed by atoms with Gasteiger partial charge in [-0.2, -0.15) is 0 Å². The summed E-state index contributed by atoms with van der Waals surface area (Å²) in [7, 11) is 0. The van der Waals surface area contributed by atoms with Gasteiger partial charge in [0.05, 0.1) is 0 Å². The van der Waals surface area contributed by atoms with Gasteiger partial charge in [0.2, 0.25) is 0 Å². The summed E-state index contributed by atoms with van der Waals surface area (Å²) in [4.78, 5) is 0. The molecule has 0 aliphatic carbocycles. The van der Waals surface area contributed by atoms with Crippen LogP contribution in [-0.4, -0.2) is 0 Å². The predicted molar refractivity (Wildman–Crippen MR) is 64.1 cm³/mol. The number of benzene rings is 2. The lowest BCUT2D eigenvalue weighted by Gasteiger charge is -2.02. The fraction of sp³-hybridized carbons (Fsp3) is 0.0769.